The number of carbonyl (C=O) groups is 2. The van der Waals surface area contributed by atoms with Crippen LogP contribution in [0, 0.1) is 0 Å². The summed E-state index contributed by atoms with van der Waals surface area (Å²) >= 11 is 6.38. The van der Waals surface area contributed by atoms with Gasteiger partial charge in [0.05, 0.1) is 4.91 Å². The van der Waals surface area contributed by atoms with E-state index in [1.165, 1.54) is 16.7 Å². The van der Waals surface area contributed by atoms with Crippen molar-refractivity contribution in [3.8, 4) is 0 Å². The van der Waals surface area contributed by atoms with Crippen molar-refractivity contribution in [3.63, 3.8) is 0 Å². The second kappa shape index (κ2) is 6.62. The Morgan fingerprint density at radius 3 is 2.80 bits per heavy atom. The molecule has 2 heterocycles. The Morgan fingerprint density at radius 2 is 2.15 bits per heavy atom. The van der Waals surface area contributed by atoms with Crippen LogP contribution in [0.1, 0.15) is 18.4 Å². The predicted molar refractivity (Wildman–Crippen MR) is 77.1 cm³/mol. The molecule has 0 spiro atoms. The molecule has 1 aliphatic rings. The summed E-state index contributed by atoms with van der Waals surface area (Å²) in [4.78, 5) is 27.4. The summed E-state index contributed by atoms with van der Waals surface area (Å²) in [6.07, 6.45) is 5.57. The maximum atomic E-state index is 12.2. The fourth-order valence-electron chi connectivity index (χ4n) is 1.72. The van der Waals surface area contributed by atoms with E-state index < -0.39 is 5.97 Å². The lowest BCUT2D eigenvalue weighted by Crippen LogP contribution is -2.30. The number of hydrogen-bond donors (Lipinski definition) is 0. The van der Waals surface area contributed by atoms with Crippen LogP contribution in [0.5, 0.6) is 0 Å². The van der Waals surface area contributed by atoms with Crippen molar-refractivity contribution in [1.82, 2.24) is 4.90 Å². The monoisotopic (exact) mass is 308 g/mol. The molecule has 1 aliphatic heterocycles. The van der Waals surface area contributed by atoms with Gasteiger partial charge in [0.2, 0.25) is 0 Å². The van der Waals surface area contributed by atoms with Gasteiger partial charge >= 0.3 is 0 Å². The van der Waals surface area contributed by atoms with Crippen LogP contribution in [-0.2, 0) is 9.59 Å². The zero-order valence-corrected chi connectivity index (χ0v) is 12.1. The number of aromatic nitrogens is 1. The van der Waals surface area contributed by atoms with Crippen molar-refractivity contribution >= 4 is 46.3 Å². The smallest absolute Gasteiger partial charge is 0.266 e. The van der Waals surface area contributed by atoms with E-state index in [2.05, 4.69) is 4.98 Å². The van der Waals surface area contributed by atoms with Crippen molar-refractivity contribution in [1.29, 1.82) is 0 Å². The van der Waals surface area contributed by atoms with E-state index in [1.807, 2.05) is 12.1 Å². The Morgan fingerprint density at radius 1 is 1.45 bits per heavy atom. The number of pyridine rings is 1. The largest absolute Gasteiger partial charge is 0.550 e. The topological polar surface area (TPSA) is 74.6 Å². The van der Waals surface area contributed by atoms with Crippen LogP contribution < -0.4 is 10.1 Å². The maximum Gasteiger partial charge on any atom is 0.266 e. The summed E-state index contributed by atoms with van der Waals surface area (Å²) in [5.74, 6) is -1.29. The van der Waals surface area contributed by atoms with E-state index in [-0.39, 0.29) is 12.3 Å². The Balaban J connectivity index is 2.05. The Bertz CT molecular complexity index is 572. The molecule has 2 rings (SSSR count). The second-order valence-electron chi connectivity index (χ2n) is 4.14. The van der Waals surface area contributed by atoms with Gasteiger partial charge in [-0.2, -0.15) is 0 Å². The van der Waals surface area contributed by atoms with Gasteiger partial charge in [0, 0.05) is 24.6 Å². The highest BCUT2D eigenvalue weighted by Crippen LogP contribution is 2.32. The molecule has 1 aromatic rings. The average molecular weight is 308 g/mol. The van der Waals surface area contributed by atoms with Gasteiger partial charge in [-0.05, 0) is 24.5 Å². The minimum Gasteiger partial charge on any atom is -0.550 e. The van der Waals surface area contributed by atoms with Crippen molar-refractivity contribution < 1.29 is 19.7 Å². The number of hydrogen-bond acceptors (Lipinski definition) is 5. The van der Waals surface area contributed by atoms with Crippen LogP contribution in [0.3, 0.4) is 0 Å². The first kappa shape index (κ1) is 14.7. The molecule has 104 valence electrons. The minimum absolute atomic E-state index is 0.0787. The molecule has 0 bridgehead atoms. The number of amides is 1. The van der Waals surface area contributed by atoms with Crippen LogP contribution in [-0.4, -0.2) is 27.6 Å². The van der Waals surface area contributed by atoms with Crippen LogP contribution in [0.25, 0.3) is 6.08 Å². The number of carboxylic acid groups (broad SMARTS) is 1. The van der Waals surface area contributed by atoms with Crippen molar-refractivity contribution in [3.05, 3.63) is 35.0 Å². The molecule has 0 saturated carbocycles. The van der Waals surface area contributed by atoms with Gasteiger partial charge in [0.25, 0.3) is 5.91 Å². The SMILES string of the molecule is O=C([O-])CCCN1C(=O)/C(=C\c2cc[nH+]cc2)SC1=S. The maximum absolute atomic E-state index is 12.2. The third-order valence-electron chi connectivity index (χ3n) is 2.68. The summed E-state index contributed by atoms with van der Waals surface area (Å²) in [6, 6.07) is 3.70. The van der Waals surface area contributed by atoms with Crippen molar-refractivity contribution in [2.24, 2.45) is 0 Å². The fourth-order valence-corrected chi connectivity index (χ4v) is 3.03. The van der Waals surface area contributed by atoms with Crippen LogP contribution in [0.15, 0.2) is 29.4 Å². The first-order valence-corrected chi connectivity index (χ1v) is 7.22. The molecule has 0 atom stereocenters. The average Bonchev–Trinajstić information content (AvgIpc) is 2.67. The summed E-state index contributed by atoms with van der Waals surface area (Å²) < 4.78 is 0.460. The number of H-pyrrole nitrogens is 1. The minimum atomic E-state index is -1.12. The zero-order chi connectivity index (χ0) is 14.5. The number of rotatable bonds is 5. The summed E-state index contributed by atoms with van der Waals surface area (Å²) in [7, 11) is 0. The van der Waals surface area contributed by atoms with Crippen molar-refractivity contribution in [2.75, 3.05) is 6.54 Å². The molecule has 7 heteroatoms. The number of carbonyl (C=O) groups excluding carboxylic acids is 2. The van der Waals surface area contributed by atoms with Gasteiger partial charge in [-0.15, -0.1) is 0 Å². The molecule has 0 unspecified atom stereocenters. The lowest BCUT2D eigenvalue weighted by Gasteiger charge is -2.14. The van der Waals surface area contributed by atoms with Crippen LogP contribution in [0.2, 0.25) is 0 Å². The molecule has 1 saturated heterocycles. The molecular formula is C13H12N2O3S2. The highest BCUT2D eigenvalue weighted by Gasteiger charge is 2.31. The first-order valence-electron chi connectivity index (χ1n) is 5.99. The molecule has 0 aliphatic carbocycles. The molecule has 20 heavy (non-hydrogen) atoms. The van der Waals surface area contributed by atoms with E-state index >= 15 is 0 Å². The van der Waals surface area contributed by atoms with Gasteiger partial charge in [-0.1, -0.05) is 24.0 Å². The standard InChI is InChI=1S/C13H12N2O3S2/c16-11(17)2-1-7-15-12(18)10(20-13(15)19)8-9-3-5-14-6-4-9/h3-6,8H,1-2,7H2,(H,16,17)/b10-8+. The molecular weight excluding hydrogens is 296 g/mol. The molecule has 1 fully saturated rings. The normalized spacial score (nSPS) is 17.0. The summed E-state index contributed by atoms with van der Waals surface area (Å²) in [5.41, 5.74) is 0.902. The number of thioether (sulfide) groups is 1. The Kier molecular flexibility index (Phi) is 4.86. The number of carboxylic acids is 1. The fraction of sp³-hybridized carbons (Fsp3) is 0.231. The van der Waals surface area contributed by atoms with Crippen molar-refractivity contribution in [2.45, 2.75) is 12.8 Å². The number of aromatic amines is 1. The summed E-state index contributed by atoms with van der Waals surface area (Å²) in [5, 5.41) is 10.4. The predicted octanol–water partition coefficient (Wildman–Crippen LogP) is 0.232. The molecule has 1 aromatic heterocycles. The highest BCUT2D eigenvalue weighted by molar-refractivity contribution is 8.26. The number of aliphatic carboxylic acids is 1. The Hall–Kier alpha value is -1.73. The van der Waals surface area contributed by atoms with E-state index in [9.17, 15) is 14.7 Å². The van der Waals surface area contributed by atoms with Gasteiger partial charge in [-0.3, -0.25) is 9.69 Å². The molecule has 1 amide bonds. The van der Waals surface area contributed by atoms with Gasteiger partial charge < -0.3 is 9.90 Å². The third kappa shape index (κ3) is 3.64. The number of thiocarbonyl (C=S) groups is 1. The van der Waals surface area contributed by atoms with Gasteiger partial charge in [0.1, 0.15) is 4.32 Å². The van der Waals surface area contributed by atoms with Gasteiger partial charge in [-0.25, -0.2) is 4.98 Å². The molecule has 0 radical (unpaired) electrons. The van der Waals surface area contributed by atoms with Crippen LogP contribution in [0.4, 0.5) is 0 Å². The summed E-state index contributed by atoms with van der Waals surface area (Å²) in [6.45, 7) is 0.304. The highest BCUT2D eigenvalue weighted by atomic mass is 32.2. The number of nitrogens with one attached hydrogen (secondary N) is 1. The van der Waals surface area contributed by atoms with E-state index in [0.717, 1.165) is 5.56 Å². The Labute approximate surface area is 125 Å². The number of nitrogens with zero attached hydrogens (tertiary/aromatic N) is 1. The zero-order valence-electron chi connectivity index (χ0n) is 10.5. The van der Waals surface area contributed by atoms with Gasteiger partial charge in [0.15, 0.2) is 12.4 Å². The third-order valence-corrected chi connectivity index (χ3v) is 4.06. The lowest BCUT2D eigenvalue weighted by atomic mass is 10.2. The molecule has 1 N–H and O–H groups in total. The van der Waals surface area contributed by atoms with Crippen LogP contribution >= 0.6 is 24.0 Å². The van der Waals surface area contributed by atoms with E-state index in [4.69, 9.17) is 12.2 Å². The second-order valence-corrected chi connectivity index (χ2v) is 5.82. The van der Waals surface area contributed by atoms with E-state index in [0.29, 0.717) is 22.2 Å². The molecule has 5 nitrogen and oxygen atoms in total. The quantitative estimate of drug-likeness (QED) is 0.575. The first-order chi connectivity index (χ1) is 9.58. The van der Waals surface area contributed by atoms with E-state index in [1.54, 1.807) is 18.5 Å². The molecule has 0 aromatic carbocycles. The lowest BCUT2D eigenvalue weighted by molar-refractivity contribution is -0.378.